The molecule has 0 aromatic rings. The Balaban J connectivity index is 2.44. The zero-order valence-corrected chi connectivity index (χ0v) is 12.6. The van der Waals surface area contributed by atoms with E-state index in [1.54, 1.807) is 0 Å². The second kappa shape index (κ2) is 6.86. The molecule has 0 aromatic heterocycles. The van der Waals surface area contributed by atoms with E-state index in [1.165, 1.54) is 12.8 Å². The maximum absolute atomic E-state index is 11.4. The fraction of sp³-hybridized carbons (Fsp3) is 1.00. The molecule has 17 heavy (non-hydrogen) atoms. The Labute approximate surface area is 109 Å². The first kappa shape index (κ1) is 15.1. The number of nitrogens with one attached hydrogen (secondary N) is 1. The summed E-state index contributed by atoms with van der Waals surface area (Å²) in [5.41, 5.74) is 0.185. The minimum absolute atomic E-state index is 0.185. The Kier molecular flexibility index (Phi) is 6.10. The lowest BCUT2D eigenvalue weighted by Gasteiger charge is -2.36. The molecule has 1 N–H and O–H groups in total. The maximum atomic E-state index is 11.4. The fourth-order valence-corrected chi connectivity index (χ4v) is 3.27. The lowest BCUT2D eigenvalue weighted by Crippen LogP contribution is -2.51. The average Bonchev–Trinajstić information content (AvgIpc) is 2.24. The zero-order chi connectivity index (χ0) is 12.9. The van der Waals surface area contributed by atoms with Gasteiger partial charge in [-0.15, -0.1) is 0 Å². The van der Waals surface area contributed by atoms with Gasteiger partial charge < -0.3 is 5.32 Å². The highest BCUT2D eigenvalue weighted by Crippen LogP contribution is 2.11. The predicted octanol–water partition coefficient (Wildman–Crippen LogP) is 1.61. The summed E-state index contributed by atoms with van der Waals surface area (Å²) < 4.78 is 11.4. The van der Waals surface area contributed by atoms with Crippen molar-refractivity contribution in [3.8, 4) is 0 Å². The normalized spacial score (nSPS) is 21.6. The van der Waals surface area contributed by atoms with Crippen LogP contribution in [0.1, 0.15) is 40.5 Å². The fourth-order valence-electron chi connectivity index (χ4n) is 2.19. The van der Waals surface area contributed by atoms with E-state index in [1.807, 2.05) is 0 Å². The van der Waals surface area contributed by atoms with Crippen molar-refractivity contribution in [2.45, 2.75) is 52.1 Å². The van der Waals surface area contributed by atoms with Gasteiger partial charge in [0.2, 0.25) is 0 Å². The lowest BCUT2D eigenvalue weighted by atomic mass is 10.1. The summed E-state index contributed by atoms with van der Waals surface area (Å²) in [6, 6.07) is 0.608. The lowest BCUT2D eigenvalue weighted by molar-refractivity contribution is 0.187. The van der Waals surface area contributed by atoms with Gasteiger partial charge in [0, 0.05) is 53.5 Å². The molecule has 3 nitrogen and oxygen atoms in total. The van der Waals surface area contributed by atoms with Crippen LogP contribution in [0.5, 0.6) is 0 Å². The third-order valence-electron chi connectivity index (χ3n) is 3.22. The van der Waals surface area contributed by atoms with Crippen LogP contribution >= 0.6 is 0 Å². The van der Waals surface area contributed by atoms with E-state index in [-0.39, 0.29) is 5.54 Å². The highest BCUT2D eigenvalue weighted by molar-refractivity contribution is 7.85. The minimum atomic E-state index is -0.564. The Morgan fingerprint density at radius 2 is 1.88 bits per heavy atom. The molecule has 1 atom stereocenters. The molecule has 1 rings (SSSR count). The third kappa shape index (κ3) is 5.98. The van der Waals surface area contributed by atoms with Gasteiger partial charge in [-0.05, 0) is 27.2 Å². The first-order chi connectivity index (χ1) is 7.92. The Morgan fingerprint density at radius 3 is 2.35 bits per heavy atom. The molecule has 1 aliphatic heterocycles. The zero-order valence-electron chi connectivity index (χ0n) is 11.8. The average molecular weight is 260 g/mol. The molecule has 1 fully saturated rings. The van der Waals surface area contributed by atoms with E-state index in [0.29, 0.717) is 6.04 Å². The van der Waals surface area contributed by atoms with E-state index < -0.39 is 10.8 Å². The van der Waals surface area contributed by atoms with Crippen molar-refractivity contribution in [2.75, 3.05) is 31.1 Å². The monoisotopic (exact) mass is 260 g/mol. The van der Waals surface area contributed by atoms with E-state index in [9.17, 15) is 4.21 Å². The summed E-state index contributed by atoms with van der Waals surface area (Å²) in [7, 11) is -0.564. The largest absolute Gasteiger partial charge is 0.311 e. The van der Waals surface area contributed by atoms with Gasteiger partial charge in [0.25, 0.3) is 0 Å². The standard InChI is InChI=1S/C13H28N2OS/c1-5-6-12(11-14-13(2,3)4)15-7-9-17(16)10-8-15/h12,14H,5-11H2,1-4H3. The summed E-state index contributed by atoms with van der Waals surface area (Å²) in [5, 5.41) is 3.60. The summed E-state index contributed by atoms with van der Waals surface area (Å²) >= 11 is 0. The summed E-state index contributed by atoms with van der Waals surface area (Å²) in [5.74, 6) is 1.71. The van der Waals surface area contributed by atoms with Gasteiger partial charge in [-0.1, -0.05) is 13.3 Å². The van der Waals surface area contributed by atoms with Crippen molar-refractivity contribution in [3.63, 3.8) is 0 Å². The topological polar surface area (TPSA) is 32.3 Å². The van der Waals surface area contributed by atoms with Gasteiger partial charge in [0.05, 0.1) is 0 Å². The van der Waals surface area contributed by atoms with E-state index in [4.69, 9.17) is 0 Å². The van der Waals surface area contributed by atoms with E-state index in [0.717, 1.165) is 31.1 Å². The van der Waals surface area contributed by atoms with Gasteiger partial charge >= 0.3 is 0 Å². The number of nitrogens with zero attached hydrogens (tertiary/aromatic N) is 1. The molecule has 1 unspecified atom stereocenters. The van der Waals surface area contributed by atoms with Gasteiger partial charge in [-0.2, -0.15) is 0 Å². The van der Waals surface area contributed by atoms with Crippen LogP contribution in [-0.4, -0.2) is 51.8 Å². The highest BCUT2D eigenvalue weighted by atomic mass is 32.2. The van der Waals surface area contributed by atoms with Crippen LogP contribution in [0.2, 0.25) is 0 Å². The van der Waals surface area contributed by atoms with Crippen LogP contribution in [0.4, 0.5) is 0 Å². The minimum Gasteiger partial charge on any atom is -0.311 e. The van der Waals surface area contributed by atoms with E-state index in [2.05, 4.69) is 37.9 Å². The maximum Gasteiger partial charge on any atom is 0.0363 e. The SMILES string of the molecule is CCCC(CNC(C)(C)C)N1CCS(=O)CC1. The first-order valence-electron chi connectivity index (χ1n) is 6.76. The summed E-state index contributed by atoms with van der Waals surface area (Å²) in [6.45, 7) is 11.9. The smallest absolute Gasteiger partial charge is 0.0363 e. The molecule has 0 aliphatic carbocycles. The van der Waals surface area contributed by atoms with Crippen LogP contribution in [0, 0.1) is 0 Å². The van der Waals surface area contributed by atoms with Crippen LogP contribution in [0.25, 0.3) is 0 Å². The molecule has 1 saturated heterocycles. The molecule has 0 saturated carbocycles. The number of rotatable bonds is 5. The second-order valence-corrected chi connectivity index (χ2v) is 7.65. The summed E-state index contributed by atoms with van der Waals surface area (Å²) in [6.07, 6.45) is 2.45. The van der Waals surface area contributed by atoms with Gasteiger partial charge in [-0.3, -0.25) is 9.11 Å². The molecule has 0 aromatic carbocycles. The number of hydrogen-bond donors (Lipinski definition) is 1. The Hall–Kier alpha value is 0.0700. The highest BCUT2D eigenvalue weighted by Gasteiger charge is 2.23. The Morgan fingerprint density at radius 1 is 1.29 bits per heavy atom. The predicted molar refractivity (Wildman–Crippen MR) is 75.9 cm³/mol. The van der Waals surface area contributed by atoms with Gasteiger partial charge in [0.1, 0.15) is 0 Å². The summed E-state index contributed by atoms with van der Waals surface area (Å²) in [4.78, 5) is 2.52. The number of hydrogen-bond acceptors (Lipinski definition) is 3. The molecule has 0 radical (unpaired) electrons. The van der Waals surface area contributed by atoms with Gasteiger partial charge in [0.15, 0.2) is 0 Å². The van der Waals surface area contributed by atoms with Crippen LogP contribution in [0.15, 0.2) is 0 Å². The van der Waals surface area contributed by atoms with Crippen molar-refractivity contribution < 1.29 is 4.21 Å². The molecule has 0 spiro atoms. The van der Waals surface area contributed by atoms with Crippen molar-refractivity contribution in [1.29, 1.82) is 0 Å². The van der Waals surface area contributed by atoms with Gasteiger partial charge in [-0.25, -0.2) is 0 Å². The molecule has 1 heterocycles. The quantitative estimate of drug-likeness (QED) is 0.815. The van der Waals surface area contributed by atoms with E-state index >= 15 is 0 Å². The molecule has 4 heteroatoms. The molecule has 102 valence electrons. The van der Waals surface area contributed by atoms with Crippen LogP contribution < -0.4 is 5.32 Å². The molecular weight excluding hydrogens is 232 g/mol. The Bertz CT molecular complexity index is 240. The van der Waals surface area contributed by atoms with Crippen molar-refractivity contribution in [2.24, 2.45) is 0 Å². The van der Waals surface area contributed by atoms with Crippen molar-refractivity contribution in [3.05, 3.63) is 0 Å². The molecular formula is C13H28N2OS. The van der Waals surface area contributed by atoms with Crippen molar-refractivity contribution >= 4 is 10.8 Å². The molecule has 0 bridgehead atoms. The molecule has 1 aliphatic rings. The van der Waals surface area contributed by atoms with Crippen molar-refractivity contribution in [1.82, 2.24) is 10.2 Å². The third-order valence-corrected chi connectivity index (χ3v) is 4.49. The second-order valence-electron chi connectivity index (χ2n) is 5.96. The molecule has 0 amide bonds. The van der Waals surface area contributed by atoms with Crippen LogP contribution in [0.3, 0.4) is 0 Å². The van der Waals surface area contributed by atoms with Crippen LogP contribution in [-0.2, 0) is 10.8 Å². The first-order valence-corrected chi connectivity index (χ1v) is 8.25.